The predicted molar refractivity (Wildman–Crippen MR) is 44.1 cm³/mol. The zero-order valence-electron chi connectivity index (χ0n) is 5.58. The smallest absolute Gasteiger partial charge is 0.127 e. The maximum atomic E-state index is 9.12. The van der Waals surface area contributed by atoms with Crippen molar-refractivity contribution in [2.24, 2.45) is 0 Å². The number of alkyl halides is 1. The molecule has 4 heteroatoms. The van der Waals surface area contributed by atoms with Crippen LogP contribution in [-0.4, -0.2) is 15.3 Å². The highest BCUT2D eigenvalue weighted by Crippen LogP contribution is 2.33. The lowest BCUT2D eigenvalue weighted by molar-refractivity contribution is 0.422. The van der Waals surface area contributed by atoms with E-state index in [1.54, 1.807) is 0 Å². The Hall–Kier alpha value is -0.900. The fourth-order valence-corrected chi connectivity index (χ4v) is 1.34. The van der Waals surface area contributed by atoms with Crippen molar-refractivity contribution >= 4 is 15.9 Å². The van der Waals surface area contributed by atoms with E-state index in [1.807, 2.05) is 0 Å². The molecule has 60 valence electrons. The number of halogens is 1. The van der Waals surface area contributed by atoms with Crippen LogP contribution in [0.4, 0.5) is 0 Å². The van der Waals surface area contributed by atoms with Crippen molar-refractivity contribution in [1.29, 1.82) is 0 Å². The zero-order chi connectivity index (χ0) is 8.43. The highest BCUT2D eigenvalue weighted by atomic mass is 79.9. The molecular formula is C7H7BrO3. The number of benzene rings is 1. The molecule has 0 amide bonds. The molecule has 3 nitrogen and oxygen atoms in total. The molecule has 1 aromatic rings. The molecule has 0 saturated carbocycles. The third kappa shape index (κ3) is 1.57. The Morgan fingerprint density at radius 2 is 1.55 bits per heavy atom. The average Bonchev–Trinajstić information content (AvgIpc) is 1.85. The van der Waals surface area contributed by atoms with Crippen molar-refractivity contribution in [3.05, 3.63) is 17.7 Å². The summed E-state index contributed by atoms with van der Waals surface area (Å²) in [6.45, 7) is 0. The Morgan fingerprint density at radius 1 is 1.09 bits per heavy atom. The average molecular weight is 219 g/mol. The van der Waals surface area contributed by atoms with Gasteiger partial charge in [-0.05, 0) is 0 Å². The van der Waals surface area contributed by atoms with Gasteiger partial charge in [-0.3, -0.25) is 0 Å². The van der Waals surface area contributed by atoms with Crippen LogP contribution in [0.25, 0.3) is 0 Å². The van der Waals surface area contributed by atoms with Gasteiger partial charge in [-0.25, -0.2) is 0 Å². The molecule has 11 heavy (non-hydrogen) atoms. The molecule has 0 atom stereocenters. The number of phenols is 3. The summed E-state index contributed by atoms with van der Waals surface area (Å²) in [5, 5.41) is 27.5. The van der Waals surface area contributed by atoms with Gasteiger partial charge in [-0.15, -0.1) is 0 Å². The number of rotatable bonds is 1. The number of phenolic OH excluding ortho intramolecular Hbond substituents is 3. The van der Waals surface area contributed by atoms with E-state index in [0.29, 0.717) is 10.9 Å². The van der Waals surface area contributed by atoms with Crippen LogP contribution >= 0.6 is 15.9 Å². The van der Waals surface area contributed by atoms with E-state index in [2.05, 4.69) is 15.9 Å². The van der Waals surface area contributed by atoms with Crippen LogP contribution in [-0.2, 0) is 5.33 Å². The van der Waals surface area contributed by atoms with Crippen LogP contribution in [0.15, 0.2) is 12.1 Å². The molecular weight excluding hydrogens is 212 g/mol. The molecule has 0 spiro atoms. The monoisotopic (exact) mass is 218 g/mol. The Balaban J connectivity index is 3.25. The maximum absolute atomic E-state index is 9.12. The van der Waals surface area contributed by atoms with Gasteiger partial charge < -0.3 is 15.3 Å². The maximum Gasteiger partial charge on any atom is 0.127 e. The van der Waals surface area contributed by atoms with Gasteiger partial charge in [0, 0.05) is 23.0 Å². The minimum absolute atomic E-state index is 0.112. The lowest BCUT2D eigenvalue weighted by Gasteiger charge is -2.03. The molecule has 0 aliphatic rings. The van der Waals surface area contributed by atoms with Crippen molar-refractivity contribution in [2.45, 2.75) is 5.33 Å². The number of hydrogen-bond acceptors (Lipinski definition) is 3. The first-order valence-electron chi connectivity index (χ1n) is 2.95. The van der Waals surface area contributed by atoms with E-state index < -0.39 is 0 Å². The lowest BCUT2D eigenvalue weighted by atomic mass is 10.2. The molecule has 0 saturated heterocycles. The van der Waals surface area contributed by atoms with Gasteiger partial charge >= 0.3 is 0 Å². The summed E-state index contributed by atoms with van der Waals surface area (Å²) in [5.74, 6) is -0.372. The molecule has 1 aromatic carbocycles. The third-order valence-corrected chi connectivity index (χ3v) is 1.88. The van der Waals surface area contributed by atoms with Gasteiger partial charge in [0.1, 0.15) is 17.2 Å². The third-order valence-electron chi connectivity index (χ3n) is 1.32. The van der Waals surface area contributed by atoms with Gasteiger partial charge in [0.05, 0.1) is 0 Å². The highest BCUT2D eigenvalue weighted by molar-refractivity contribution is 9.08. The first-order valence-corrected chi connectivity index (χ1v) is 4.07. The molecule has 0 fully saturated rings. The summed E-state index contributed by atoms with van der Waals surface area (Å²) >= 11 is 3.08. The lowest BCUT2D eigenvalue weighted by Crippen LogP contribution is -1.80. The van der Waals surface area contributed by atoms with Gasteiger partial charge in [0.15, 0.2) is 0 Å². The molecule has 0 aromatic heterocycles. The van der Waals surface area contributed by atoms with E-state index in [1.165, 1.54) is 12.1 Å². The summed E-state index contributed by atoms with van der Waals surface area (Å²) in [6.07, 6.45) is 0. The number of aromatic hydroxyl groups is 3. The summed E-state index contributed by atoms with van der Waals surface area (Å²) < 4.78 is 0. The second-order valence-corrected chi connectivity index (χ2v) is 2.66. The van der Waals surface area contributed by atoms with E-state index in [9.17, 15) is 0 Å². The molecule has 3 N–H and O–H groups in total. The largest absolute Gasteiger partial charge is 0.508 e. The Labute approximate surface area is 72.0 Å². The van der Waals surface area contributed by atoms with Crippen molar-refractivity contribution in [3.63, 3.8) is 0 Å². The first kappa shape index (κ1) is 8.20. The number of hydrogen-bond donors (Lipinski definition) is 3. The molecule has 0 heterocycles. The second-order valence-electron chi connectivity index (χ2n) is 2.10. The van der Waals surface area contributed by atoms with Gasteiger partial charge in [0.2, 0.25) is 0 Å². The van der Waals surface area contributed by atoms with Crippen LogP contribution in [0.3, 0.4) is 0 Å². The van der Waals surface area contributed by atoms with Gasteiger partial charge in [-0.1, -0.05) is 15.9 Å². The molecule has 0 aliphatic carbocycles. The van der Waals surface area contributed by atoms with E-state index >= 15 is 0 Å². The normalized spacial score (nSPS) is 9.91. The Kier molecular flexibility index (Phi) is 2.24. The van der Waals surface area contributed by atoms with Gasteiger partial charge in [-0.2, -0.15) is 0 Å². The summed E-state index contributed by atoms with van der Waals surface area (Å²) in [6, 6.07) is 2.35. The molecule has 0 bridgehead atoms. The molecule has 0 aliphatic heterocycles. The van der Waals surface area contributed by atoms with Crippen LogP contribution in [0.2, 0.25) is 0 Å². The van der Waals surface area contributed by atoms with Crippen LogP contribution in [0, 0.1) is 0 Å². The van der Waals surface area contributed by atoms with Crippen LogP contribution < -0.4 is 0 Å². The fraction of sp³-hybridized carbons (Fsp3) is 0.143. The van der Waals surface area contributed by atoms with Gasteiger partial charge in [0.25, 0.3) is 0 Å². The Morgan fingerprint density at radius 3 is 1.91 bits per heavy atom. The van der Waals surface area contributed by atoms with E-state index in [-0.39, 0.29) is 17.2 Å². The van der Waals surface area contributed by atoms with E-state index in [0.717, 1.165) is 0 Å². The summed E-state index contributed by atoms with van der Waals surface area (Å²) in [5.41, 5.74) is 0.378. The minimum Gasteiger partial charge on any atom is -0.508 e. The zero-order valence-corrected chi connectivity index (χ0v) is 7.17. The van der Waals surface area contributed by atoms with Crippen LogP contribution in [0.5, 0.6) is 17.2 Å². The fourth-order valence-electron chi connectivity index (χ4n) is 0.764. The SMILES string of the molecule is Oc1cc(O)c(CBr)c(O)c1. The first-order chi connectivity index (χ1) is 5.15. The van der Waals surface area contributed by atoms with Crippen molar-refractivity contribution < 1.29 is 15.3 Å². The standard InChI is InChI=1S/C7H7BrO3/c8-3-5-6(10)1-4(9)2-7(5)11/h1-2,9-11H,3H2. The highest BCUT2D eigenvalue weighted by Gasteiger charge is 2.06. The molecule has 0 radical (unpaired) electrons. The van der Waals surface area contributed by atoms with Crippen molar-refractivity contribution in [2.75, 3.05) is 0 Å². The van der Waals surface area contributed by atoms with Crippen molar-refractivity contribution in [1.82, 2.24) is 0 Å². The Bertz CT molecular complexity index is 249. The minimum atomic E-state index is -0.148. The quantitative estimate of drug-likeness (QED) is 0.630. The second kappa shape index (κ2) is 3.00. The predicted octanol–water partition coefficient (Wildman–Crippen LogP) is 1.70. The summed E-state index contributed by atoms with van der Waals surface area (Å²) in [7, 11) is 0. The molecule has 0 unspecified atom stereocenters. The molecule has 1 rings (SSSR count). The van der Waals surface area contributed by atoms with Crippen molar-refractivity contribution in [3.8, 4) is 17.2 Å². The van der Waals surface area contributed by atoms with E-state index in [4.69, 9.17) is 15.3 Å². The van der Waals surface area contributed by atoms with Crippen LogP contribution in [0.1, 0.15) is 5.56 Å². The summed E-state index contributed by atoms with van der Waals surface area (Å²) in [4.78, 5) is 0. The topological polar surface area (TPSA) is 60.7 Å².